The van der Waals surface area contributed by atoms with Gasteiger partial charge in [0.15, 0.2) is 0 Å². The van der Waals surface area contributed by atoms with Crippen LogP contribution in [0.5, 0.6) is 46.0 Å². The molecule has 14 bridgehead atoms. The zero-order valence-corrected chi connectivity index (χ0v) is 54.7. The monoisotopic (exact) mass is 1190 g/mol. The number of rotatable bonds is 2. The molecule has 0 N–H and O–H groups in total. The van der Waals surface area contributed by atoms with Crippen molar-refractivity contribution < 1.29 is 61.6 Å². The standard InChI is InChI=1S/C74H98O13/c1-71(2,3)59-43-51-39-55-47-61(73(7,8)9)49-57-41-53-45-60(72(4,5)6)46-54(68(53)76-14)42-58-50-62(74(10,11)12)48-56(40-52(44-59)67(51)75-13)70(58)87-38-32-81-30-36-85-66-21-17-64(18-22-66)83-34-28-79-26-24-77-23-25-78-27-33-82-63-15-19-65(20-16-63)84-35-29-80-31-37-86-69(55)57/h15-22,43-50H,23-42H2,1-14H3. The molecule has 0 saturated heterocycles. The summed E-state index contributed by atoms with van der Waals surface area (Å²) in [5, 5.41) is 0. The molecule has 4 aliphatic heterocycles. The first-order valence-corrected chi connectivity index (χ1v) is 31.2. The van der Waals surface area contributed by atoms with Crippen LogP contribution in [-0.4, -0.2) is 120 Å². The third-order valence-electron chi connectivity index (χ3n) is 15.7. The maximum absolute atomic E-state index is 7.09. The quantitative estimate of drug-likeness (QED) is 0.163. The van der Waals surface area contributed by atoms with Gasteiger partial charge >= 0.3 is 0 Å². The Balaban J connectivity index is 1.18. The van der Waals surface area contributed by atoms with Crippen molar-refractivity contribution in [3.8, 4) is 46.0 Å². The molecule has 6 aromatic carbocycles. The fraction of sp³-hybridized carbons (Fsp3) is 0.514. The Bertz CT molecular complexity index is 2830. The lowest BCUT2D eigenvalue weighted by Gasteiger charge is -2.29. The number of hydrogen-bond donors (Lipinski definition) is 0. The van der Waals surface area contributed by atoms with E-state index in [0.29, 0.717) is 131 Å². The molecule has 4 heterocycles. The molecule has 11 rings (SSSR count). The highest BCUT2D eigenvalue weighted by atomic mass is 16.6. The average molecular weight is 1200 g/mol. The van der Waals surface area contributed by atoms with Gasteiger partial charge in [0.1, 0.15) is 85.6 Å². The van der Waals surface area contributed by atoms with Crippen molar-refractivity contribution in [3.05, 3.63) is 164 Å². The summed E-state index contributed by atoms with van der Waals surface area (Å²) in [6.45, 7) is 33.9. The number of ether oxygens (including phenoxy) is 13. The minimum Gasteiger partial charge on any atom is -0.496 e. The maximum atomic E-state index is 7.09. The van der Waals surface area contributed by atoms with E-state index in [1.54, 1.807) is 14.2 Å². The zero-order valence-electron chi connectivity index (χ0n) is 54.7. The van der Waals surface area contributed by atoms with E-state index in [2.05, 4.69) is 132 Å². The Kier molecular flexibility index (Phi) is 23.4. The third-order valence-corrected chi connectivity index (χ3v) is 15.7. The van der Waals surface area contributed by atoms with Crippen LogP contribution in [0.2, 0.25) is 0 Å². The van der Waals surface area contributed by atoms with Crippen LogP contribution in [0.4, 0.5) is 0 Å². The molecule has 87 heavy (non-hydrogen) atoms. The minimum absolute atomic E-state index is 0.180. The molecule has 13 nitrogen and oxygen atoms in total. The van der Waals surface area contributed by atoms with E-state index in [-0.39, 0.29) is 21.7 Å². The van der Waals surface area contributed by atoms with Gasteiger partial charge < -0.3 is 61.6 Å². The normalized spacial score (nSPS) is 16.5. The number of fused-ring (bicyclic) bond motifs is 2. The highest BCUT2D eigenvalue weighted by molar-refractivity contribution is 5.60. The Morgan fingerprint density at radius 1 is 0.253 bits per heavy atom. The molecule has 472 valence electrons. The summed E-state index contributed by atoms with van der Waals surface area (Å²) in [6.07, 6.45) is 2.25. The van der Waals surface area contributed by atoms with E-state index in [9.17, 15) is 0 Å². The summed E-state index contributed by atoms with van der Waals surface area (Å²) in [7, 11) is 3.61. The molecule has 0 unspecified atom stereocenters. The Morgan fingerprint density at radius 3 is 0.632 bits per heavy atom. The van der Waals surface area contributed by atoms with Crippen molar-refractivity contribution in [2.75, 3.05) is 120 Å². The van der Waals surface area contributed by atoms with Gasteiger partial charge in [-0.25, -0.2) is 0 Å². The molecular formula is C74H98O13. The Hall–Kier alpha value is -6.48. The molecule has 13 heteroatoms. The van der Waals surface area contributed by atoms with Crippen LogP contribution >= 0.6 is 0 Å². The van der Waals surface area contributed by atoms with Crippen LogP contribution in [-0.2, 0) is 71.0 Å². The predicted octanol–water partition coefficient (Wildman–Crippen LogP) is 14.3. The van der Waals surface area contributed by atoms with Crippen LogP contribution in [0.25, 0.3) is 0 Å². The van der Waals surface area contributed by atoms with E-state index < -0.39 is 0 Å². The molecule has 6 aromatic rings. The maximum Gasteiger partial charge on any atom is 0.126 e. The van der Waals surface area contributed by atoms with Crippen LogP contribution < -0.4 is 37.9 Å². The largest absolute Gasteiger partial charge is 0.496 e. The van der Waals surface area contributed by atoms with Gasteiger partial charge in [-0.3, -0.25) is 0 Å². The average Bonchev–Trinajstić information content (AvgIpc) is 1.81. The minimum atomic E-state index is -0.181. The molecule has 0 fully saturated rings. The van der Waals surface area contributed by atoms with Gasteiger partial charge in [-0.1, -0.05) is 132 Å². The summed E-state index contributed by atoms with van der Waals surface area (Å²) in [5.41, 5.74) is 12.8. The van der Waals surface area contributed by atoms with Gasteiger partial charge in [-0.05, 0) is 137 Å². The second-order valence-corrected chi connectivity index (χ2v) is 26.7. The smallest absolute Gasteiger partial charge is 0.126 e. The van der Waals surface area contributed by atoms with Crippen molar-refractivity contribution in [2.24, 2.45) is 0 Å². The number of methoxy groups -OCH3 is 2. The lowest BCUT2D eigenvalue weighted by Crippen LogP contribution is -2.18. The van der Waals surface area contributed by atoms with Crippen molar-refractivity contribution in [1.29, 1.82) is 0 Å². The Labute approximate surface area is 519 Å². The first kappa shape index (κ1) is 66.5. The number of hydrogen-bond acceptors (Lipinski definition) is 13. The lowest BCUT2D eigenvalue weighted by molar-refractivity contribution is 0.00498. The molecule has 0 spiro atoms. The van der Waals surface area contributed by atoms with Gasteiger partial charge in [0.05, 0.1) is 80.3 Å². The summed E-state index contributed by atoms with van der Waals surface area (Å²) >= 11 is 0. The second kappa shape index (κ2) is 30.6. The highest BCUT2D eigenvalue weighted by Crippen LogP contribution is 2.44. The van der Waals surface area contributed by atoms with Gasteiger partial charge in [0.25, 0.3) is 0 Å². The van der Waals surface area contributed by atoms with Crippen molar-refractivity contribution in [2.45, 2.75) is 130 Å². The van der Waals surface area contributed by atoms with Gasteiger partial charge in [0, 0.05) is 25.7 Å². The second-order valence-electron chi connectivity index (χ2n) is 26.7. The van der Waals surface area contributed by atoms with Crippen LogP contribution in [0, 0.1) is 0 Å². The molecular weight excluding hydrogens is 1100 g/mol. The zero-order chi connectivity index (χ0) is 62.2. The van der Waals surface area contributed by atoms with Crippen LogP contribution in [0.15, 0.2) is 97.1 Å². The highest BCUT2D eigenvalue weighted by Gasteiger charge is 2.29. The molecule has 5 aliphatic rings. The van der Waals surface area contributed by atoms with Crippen molar-refractivity contribution in [3.63, 3.8) is 0 Å². The molecule has 1 aliphatic carbocycles. The first-order valence-electron chi connectivity index (χ1n) is 31.2. The van der Waals surface area contributed by atoms with Gasteiger partial charge in [0.2, 0.25) is 0 Å². The van der Waals surface area contributed by atoms with E-state index >= 15 is 0 Å². The van der Waals surface area contributed by atoms with Crippen molar-refractivity contribution in [1.82, 2.24) is 0 Å². The molecule has 0 saturated carbocycles. The third kappa shape index (κ3) is 19.3. The van der Waals surface area contributed by atoms with E-state index in [0.717, 1.165) is 90.5 Å². The fourth-order valence-electron chi connectivity index (χ4n) is 10.8. The van der Waals surface area contributed by atoms with E-state index in [4.69, 9.17) is 61.6 Å². The molecule has 0 radical (unpaired) electrons. The fourth-order valence-corrected chi connectivity index (χ4v) is 10.8. The lowest BCUT2D eigenvalue weighted by atomic mass is 9.79. The SMILES string of the molecule is COc1c2cc(C(C)(C)C)cc1Cc1cc(C(C)(C)C)cc3c1OCCOCCOc1ccc(cc1)OCCOCCOCCOCCOc1ccc(cc1)OCCOCCOc1c(cc(C(C)(C)C)cc1Cc1cc(C(C)(C)C)cc(c1OC)C3)C2. The first-order chi connectivity index (χ1) is 41.6. The number of benzene rings is 6. The summed E-state index contributed by atoms with van der Waals surface area (Å²) in [4.78, 5) is 0. The molecule has 0 atom stereocenters. The van der Waals surface area contributed by atoms with Gasteiger partial charge in [-0.2, -0.15) is 0 Å². The van der Waals surface area contributed by atoms with Gasteiger partial charge in [-0.15, -0.1) is 0 Å². The van der Waals surface area contributed by atoms with Crippen molar-refractivity contribution >= 4 is 0 Å². The summed E-state index contributed by atoms with van der Waals surface area (Å²) < 4.78 is 81.0. The molecule has 0 amide bonds. The van der Waals surface area contributed by atoms with Crippen LogP contribution in [0.1, 0.15) is 150 Å². The van der Waals surface area contributed by atoms with E-state index in [1.165, 1.54) is 22.3 Å². The Morgan fingerprint density at radius 2 is 0.437 bits per heavy atom. The van der Waals surface area contributed by atoms with Crippen LogP contribution in [0.3, 0.4) is 0 Å². The predicted molar refractivity (Wildman–Crippen MR) is 345 cm³/mol. The topological polar surface area (TPSA) is 120 Å². The summed E-state index contributed by atoms with van der Waals surface area (Å²) in [5.74, 6) is 6.32. The molecule has 0 aromatic heterocycles. The summed E-state index contributed by atoms with van der Waals surface area (Å²) in [6, 6.07) is 34.0. The van der Waals surface area contributed by atoms with E-state index in [1.807, 2.05) is 48.5 Å².